The number of carbonyl (C=O) groups excluding carboxylic acids is 4. The molecule has 0 radical (unpaired) electrons. The number of hydrogen-bond acceptors (Lipinski definition) is 22. The number of anilines is 3. The molecule has 3 aliphatic heterocycles. The fourth-order valence-corrected chi connectivity index (χ4v) is 13.0. The first-order valence-electron chi connectivity index (χ1n) is 33.5. The molecule has 4 amide bonds. The zero-order valence-electron chi connectivity index (χ0n) is 55.4. The third-order valence-electron chi connectivity index (χ3n) is 18.4. The summed E-state index contributed by atoms with van der Waals surface area (Å²) in [6.45, 7) is 17.8. The average molecular weight is 1320 g/mol. The van der Waals surface area contributed by atoms with Crippen LogP contribution in [0.1, 0.15) is 85.4 Å². The molecule has 11 aromatic rings. The second-order valence-electron chi connectivity index (χ2n) is 25.1. The summed E-state index contributed by atoms with van der Waals surface area (Å²) in [7, 11) is 1.88. The predicted molar refractivity (Wildman–Crippen MR) is 362 cm³/mol. The molecule has 1 unspecified atom stereocenters. The van der Waals surface area contributed by atoms with Crippen molar-refractivity contribution in [3.8, 4) is 28.7 Å². The Morgan fingerprint density at radius 1 is 0.567 bits per heavy atom. The fraction of sp³-hybridized carbons (Fsp3) is 0.455. The number of amides is 4. The van der Waals surface area contributed by atoms with E-state index in [9.17, 15) is 19.2 Å². The Morgan fingerprint density at radius 3 is 1.62 bits per heavy atom. The Kier molecular flexibility index (Phi) is 17.7. The number of nitrogens with zero attached hydrogens (tertiary/aromatic N) is 22. The Morgan fingerprint density at radius 2 is 1.07 bits per heavy atom. The average Bonchev–Trinajstić information content (AvgIpc) is 1.62. The Bertz CT molecular complexity index is 4740. The number of urea groups is 1. The quantitative estimate of drug-likeness (QED) is 0.0699. The van der Waals surface area contributed by atoms with Crippen LogP contribution in [0, 0.1) is 18.8 Å². The monoisotopic (exact) mass is 1310 g/mol. The van der Waals surface area contributed by atoms with E-state index in [2.05, 4.69) is 105 Å². The zero-order chi connectivity index (χ0) is 67.0. The van der Waals surface area contributed by atoms with Crippen molar-refractivity contribution in [2.24, 2.45) is 18.9 Å². The molecule has 16 rings (SSSR count). The van der Waals surface area contributed by atoms with Crippen molar-refractivity contribution < 1.29 is 23.9 Å². The summed E-state index contributed by atoms with van der Waals surface area (Å²) in [4.78, 5) is 114. The predicted octanol–water partition coefficient (Wildman–Crippen LogP) is 6.58. The van der Waals surface area contributed by atoms with Crippen molar-refractivity contribution in [1.29, 1.82) is 0 Å². The van der Waals surface area contributed by atoms with Crippen LogP contribution in [-0.4, -0.2) is 201 Å². The van der Waals surface area contributed by atoms with Gasteiger partial charge >= 0.3 is 12.0 Å². The number of hydrogen-bond donors (Lipinski definition) is 4. The topological polar surface area (TPSA) is 340 Å². The molecule has 0 bridgehead atoms. The van der Waals surface area contributed by atoms with Gasteiger partial charge in [-0.2, -0.15) is 5.10 Å². The molecular formula is C66H78N26O5. The molecule has 3 saturated heterocycles. The van der Waals surface area contributed by atoms with Gasteiger partial charge in [-0.05, 0) is 105 Å². The molecule has 97 heavy (non-hydrogen) atoms. The Hall–Kier alpha value is -10.9. The van der Waals surface area contributed by atoms with Gasteiger partial charge in [-0.3, -0.25) is 23.4 Å². The van der Waals surface area contributed by atoms with Crippen molar-refractivity contribution in [1.82, 2.24) is 113 Å². The van der Waals surface area contributed by atoms with Crippen LogP contribution in [0.4, 0.5) is 22.2 Å². The van der Waals surface area contributed by atoms with Crippen molar-refractivity contribution in [3.05, 3.63) is 86.3 Å². The molecule has 4 N–H and O–H groups in total. The van der Waals surface area contributed by atoms with Crippen LogP contribution in [0.15, 0.2) is 80.4 Å². The van der Waals surface area contributed by atoms with E-state index in [1.54, 1.807) is 54.8 Å². The summed E-state index contributed by atoms with van der Waals surface area (Å²) >= 11 is 0. The number of carbonyl (C=O) groups is 4. The summed E-state index contributed by atoms with van der Waals surface area (Å²) in [5.74, 6) is 5.71. The highest BCUT2D eigenvalue weighted by Crippen LogP contribution is 2.36. The third kappa shape index (κ3) is 12.9. The maximum Gasteiger partial charge on any atom is 0.328 e. The molecule has 13 heterocycles. The highest BCUT2D eigenvalue weighted by atomic mass is 16.5. The number of ether oxygens (including phenoxy) is 1. The minimum atomic E-state index is -0.705. The molecule has 5 aliphatic rings. The lowest BCUT2D eigenvalue weighted by Crippen LogP contribution is -2.46. The molecule has 2 aliphatic carbocycles. The second kappa shape index (κ2) is 27.1. The number of pyridine rings is 1. The van der Waals surface area contributed by atoms with Gasteiger partial charge in [0, 0.05) is 125 Å². The lowest BCUT2D eigenvalue weighted by atomic mass is 10.2. The molecule has 5 fully saturated rings. The van der Waals surface area contributed by atoms with Gasteiger partial charge in [0.1, 0.15) is 48.8 Å². The van der Waals surface area contributed by atoms with Crippen LogP contribution in [-0.2, 0) is 45.8 Å². The molecule has 1 aromatic carbocycles. The SMILES string of the molecule is CCOC(=O)C(C)NC(=O)N1CC[C@H](Nc2ncnc3c2nc(-c2cnc(C)nc2)n3CC)C1.CCn1c(-c2cnc3c(cnn3C)c2)nc2c(N[C@H]3CCN(C(=O)C4CC4)C3)ncnc21.CCn1c(-n2cnc3ccccc32)nc2c(N[C@H]3CCN(C(=O)C4CC4)C3)ncnc21. The number of imidazole rings is 4. The van der Waals surface area contributed by atoms with Crippen molar-refractivity contribution in [2.75, 3.05) is 61.8 Å². The van der Waals surface area contributed by atoms with E-state index in [-0.39, 0.29) is 42.6 Å². The molecular weight excluding hydrogens is 1240 g/mol. The van der Waals surface area contributed by atoms with Gasteiger partial charge in [0.2, 0.25) is 17.8 Å². The summed E-state index contributed by atoms with van der Waals surface area (Å²) in [5.41, 5.74) is 8.90. The highest BCUT2D eigenvalue weighted by Gasteiger charge is 2.39. The number of fused-ring (bicyclic) bond motifs is 5. The van der Waals surface area contributed by atoms with E-state index in [1.807, 2.05) is 76.5 Å². The minimum Gasteiger partial charge on any atom is -0.464 e. The van der Waals surface area contributed by atoms with Crippen LogP contribution in [0.2, 0.25) is 0 Å². The van der Waals surface area contributed by atoms with Crippen LogP contribution >= 0.6 is 0 Å². The normalized spacial score (nSPS) is 18.0. The number of aryl methyl sites for hydroxylation is 5. The van der Waals surface area contributed by atoms with Gasteiger partial charge < -0.3 is 49.8 Å². The number of para-hydroxylation sites is 2. The van der Waals surface area contributed by atoms with Crippen LogP contribution in [0.3, 0.4) is 0 Å². The molecule has 31 nitrogen and oxygen atoms in total. The fourth-order valence-electron chi connectivity index (χ4n) is 13.0. The van der Waals surface area contributed by atoms with Gasteiger partial charge in [-0.15, -0.1) is 0 Å². The second-order valence-corrected chi connectivity index (χ2v) is 25.1. The summed E-state index contributed by atoms with van der Waals surface area (Å²) in [6, 6.07) is 9.39. The number of esters is 1. The highest BCUT2D eigenvalue weighted by molar-refractivity contribution is 5.90. The van der Waals surface area contributed by atoms with E-state index in [4.69, 9.17) is 19.7 Å². The molecule has 10 aromatic heterocycles. The number of benzene rings is 1. The summed E-state index contributed by atoms with van der Waals surface area (Å²) in [5, 5.41) is 18.4. The number of aromatic nitrogens is 19. The molecule has 4 atom stereocenters. The first kappa shape index (κ1) is 63.5. The Balaban J connectivity index is 0.000000125. The maximum atomic E-state index is 12.6. The molecule has 2 saturated carbocycles. The smallest absolute Gasteiger partial charge is 0.328 e. The van der Waals surface area contributed by atoms with Crippen LogP contribution in [0.5, 0.6) is 0 Å². The minimum absolute atomic E-state index is 0.0142. The van der Waals surface area contributed by atoms with E-state index < -0.39 is 12.0 Å². The third-order valence-corrected chi connectivity index (χ3v) is 18.4. The zero-order valence-corrected chi connectivity index (χ0v) is 55.4. The van der Waals surface area contributed by atoms with Gasteiger partial charge in [0.05, 0.1) is 29.4 Å². The molecule has 0 spiro atoms. The molecule has 502 valence electrons. The molecule has 31 heteroatoms. The van der Waals surface area contributed by atoms with Crippen molar-refractivity contribution in [2.45, 2.75) is 130 Å². The summed E-state index contributed by atoms with van der Waals surface area (Å²) < 4.78 is 14.9. The summed E-state index contributed by atoms with van der Waals surface area (Å²) in [6.07, 6.45) is 20.3. The van der Waals surface area contributed by atoms with Crippen LogP contribution in [0.25, 0.3) is 84.3 Å². The van der Waals surface area contributed by atoms with E-state index >= 15 is 0 Å². The van der Waals surface area contributed by atoms with Gasteiger partial charge in [-0.1, -0.05) is 12.1 Å². The van der Waals surface area contributed by atoms with E-state index in [1.165, 1.54) is 6.33 Å². The standard InChI is InChI=1S/C22H29N9O3.C22H25N9O.C22H24N8O/c1-5-31-19(15-9-23-14(4)24-10-15)29-17-18(25-12-26-20(17)31)28-16-7-8-30(11-16)22(33)27-13(3)21(32)34-6-2;1-3-31-20(14-8-15-10-26-29(2)19(15)23-9-14)28-17-18(24-12-25-21(17)31)27-16-6-7-30(11-16)22(32)13-4-5-13;1-2-29-20-18(27-22(29)30-13-25-16-5-3-4-6-17(16)30)19(23-12-24-20)26-15-9-10-28(11-15)21(31)14-7-8-14/h9-10,12-13,16H,5-8,11H2,1-4H3,(H,27,33)(H,25,26,28);8-10,12-13,16H,3-7,11H2,1-2H3,(H,24,25,27);3-6,12-15H,2,7-11H2,1H3,(H,23,24,26)/t13?,16-;16-;15-/m000/s1. The lowest BCUT2D eigenvalue weighted by Gasteiger charge is -2.20. The first-order chi connectivity index (χ1) is 47.2. The number of likely N-dealkylation sites (tertiary alicyclic amines) is 3. The van der Waals surface area contributed by atoms with Gasteiger partial charge in [0.15, 0.2) is 56.6 Å². The van der Waals surface area contributed by atoms with Crippen molar-refractivity contribution >= 4 is 96.8 Å². The van der Waals surface area contributed by atoms with E-state index in [0.717, 1.165) is 144 Å². The Labute approximate surface area is 557 Å². The van der Waals surface area contributed by atoms with Gasteiger partial charge in [0.25, 0.3) is 0 Å². The van der Waals surface area contributed by atoms with Gasteiger partial charge in [-0.25, -0.2) is 74.4 Å². The first-order valence-corrected chi connectivity index (χ1v) is 33.5. The van der Waals surface area contributed by atoms with Crippen LogP contribution < -0.4 is 21.3 Å². The number of rotatable bonds is 17. The van der Waals surface area contributed by atoms with E-state index in [0.29, 0.717) is 79.0 Å². The maximum absolute atomic E-state index is 12.6. The van der Waals surface area contributed by atoms with Crippen molar-refractivity contribution in [3.63, 3.8) is 0 Å². The largest absolute Gasteiger partial charge is 0.464 e. The number of nitrogens with one attached hydrogen (secondary N) is 4. The lowest BCUT2D eigenvalue weighted by molar-refractivity contribution is -0.145.